The minimum atomic E-state index is 0.212. The fraction of sp³-hybridized carbons (Fsp3) is 0.333. The molecule has 3 heteroatoms. The van der Waals surface area contributed by atoms with Crippen molar-refractivity contribution < 1.29 is 5.11 Å². The predicted molar refractivity (Wildman–Crippen MR) is 51.3 cm³/mol. The van der Waals surface area contributed by atoms with Gasteiger partial charge in [0, 0.05) is 6.54 Å². The number of hydrogen-bond donors (Lipinski definition) is 3. The Bertz CT molecular complexity index is 240. The zero-order chi connectivity index (χ0) is 8.97. The number of aromatic hydroxyl groups is 1. The topological polar surface area (TPSA) is 58.3 Å². The molecule has 0 fully saturated rings. The molecule has 12 heavy (non-hydrogen) atoms. The van der Waals surface area contributed by atoms with E-state index in [9.17, 15) is 5.11 Å². The summed E-state index contributed by atoms with van der Waals surface area (Å²) in [5.41, 5.74) is 6.86. The van der Waals surface area contributed by atoms with E-state index < -0.39 is 0 Å². The molecule has 3 nitrogen and oxygen atoms in total. The lowest BCUT2D eigenvalue weighted by Gasteiger charge is -2.09. The first-order chi connectivity index (χ1) is 5.75. The summed E-state index contributed by atoms with van der Waals surface area (Å²) in [4.78, 5) is 0. The average Bonchev–Trinajstić information content (AvgIpc) is 2.04. The minimum Gasteiger partial charge on any atom is -0.506 e. The monoisotopic (exact) mass is 166 g/mol. The Morgan fingerprint density at radius 2 is 2.25 bits per heavy atom. The van der Waals surface area contributed by atoms with Gasteiger partial charge < -0.3 is 16.2 Å². The van der Waals surface area contributed by atoms with E-state index in [-0.39, 0.29) is 5.75 Å². The van der Waals surface area contributed by atoms with E-state index in [0.717, 1.165) is 13.0 Å². The molecule has 1 rings (SSSR count). The van der Waals surface area contributed by atoms with Gasteiger partial charge in [0.15, 0.2) is 0 Å². The van der Waals surface area contributed by atoms with Crippen LogP contribution in [0.15, 0.2) is 18.2 Å². The van der Waals surface area contributed by atoms with Gasteiger partial charge in [-0.2, -0.15) is 0 Å². The number of para-hydroxylation sites is 1. The fourth-order valence-electron chi connectivity index (χ4n) is 1.00. The maximum absolute atomic E-state index is 9.38. The summed E-state index contributed by atoms with van der Waals surface area (Å²) in [6.07, 6.45) is 1.01. The predicted octanol–water partition coefficient (Wildman–Crippen LogP) is 1.80. The lowest BCUT2D eigenvalue weighted by atomic mass is 10.2. The Hall–Kier alpha value is -1.38. The quantitative estimate of drug-likeness (QED) is 0.474. The first-order valence-corrected chi connectivity index (χ1v) is 4.07. The molecule has 0 saturated heterocycles. The smallest absolute Gasteiger partial charge is 0.140 e. The summed E-state index contributed by atoms with van der Waals surface area (Å²) in [5, 5.41) is 12.4. The van der Waals surface area contributed by atoms with Gasteiger partial charge in [0.05, 0.1) is 11.4 Å². The normalized spacial score (nSPS) is 9.75. The number of rotatable bonds is 3. The highest BCUT2D eigenvalue weighted by atomic mass is 16.3. The van der Waals surface area contributed by atoms with Crippen LogP contribution in [0.25, 0.3) is 0 Å². The fourth-order valence-corrected chi connectivity index (χ4v) is 1.00. The van der Waals surface area contributed by atoms with Crippen LogP contribution >= 0.6 is 0 Å². The van der Waals surface area contributed by atoms with Crippen LogP contribution in [0.2, 0.25) is 0 Å². The molecular formula is C9H14N2O. The molecule has 0 atom stereocenters. The number of nitrogens with two attached hydrogens (primary N) is 1. The molecule has 0 aromatic heterocycles. The van der Waals surface area contributed by atoms with Gasteiger partial charge >= 0.3 is 0 Å². The summed E-state index contributed by atoms with van der Waals surface area (Å²) in [5.74, 6) is 0.212. The zero-order valence-corrected chi connectivity index (χ0v) is 7.17. The highest BCUT2D eigenvalue weighted by Gasteiger charge is 2.02. The molecule has 0 aliphatic rings. The lowest BCUT2D eigenvalue weighted by Crippen LogP contribution is -2.02. The second-order valence-electron chi connectivity index (χ2n) is 2.67. The molecule has 0 aliphatic carbocycles. The molecule has 0 aliphatic heterocycles. The van der Waals surface area contributed by atoms with Crippen molar-refractivity contribution in [3.05, 3.63) is 18.2 Å². The lowest BCUT2D eigenvalue weighted by molar-refractivity contribution is 0.477. The molecule has 0 amide bonds. The van der Waals surface area contributed by atoms with E-state index in [2.05, 4.69) is 12.2 Å². The summed E-state index contributed by atoms with van der Waals surface area (Å²) in [6, 6.07) is 5.11. The number of benzene rings is 1. The number of phenolic OH excluding ortho intramolecular Hbond substituents is 1. The van der Waals surface area contributed by atoms with Crippen LogP contribution in [0.1, 0.15) is 13.3 Å². The number of nitrogens with one attached hydrogen (secondary N) is 1. The number of phenols is 1. The van der Waals surface area contributed by atoms with Gasteiger partial charge in [-0.1, -0.05) is 13.0 Å². The third kappa shape index (κ3) is 1.81. The van der Waals surface area contributed by atoms with Crippen molar-refractivity contribution in [2.24, 2.45) is 0 Å². The van der Waals surface area contributed by atoms with Crippen molar-refractivity contribution in [2.75, 3.05) is 17.6 Å². The summed E-state index contributed by atoms with van der Waals surface area (Å²) in [6.45, 7) is 2.88. The maximum Gasteiger partial charge on any atom is 0.140 e. The van der Waals surface area contributed by atoms with E-state index in [1.807, 2.05) is 0 Å². The van der Waals surface area contributed by atoms with E-state index in [1.54, 1.807) is 18.2 Å². The maximum atomic E-state index is 9.38. The average molecular weight is 166 g/mol. The van der Waals surface area contributed by atoms with Crippen LogP contribution in [-0.2, 0) is 0 Å². The van der Waals surface area contributed by atoms with Gasteiger partial charge in [0.1, 0.15) is 5.75 Å². The van der Waals surface area contributed by atoms with Crippen LogP contribution in [0.5, 0.6) is 5.75 Å². The molecule has 0 bridgehead atoms. The van der Waals surface area contributed by atoms with Crippen LogP contribution in [0.3, 0.4) is 0 Å². The Balaban J connectivity index is 2.81. The van der Waals surface area contributed by atoms with Crippen molar-refractivity contribution >= 4 is 11.4 Å². The SMILES string of the molecule is CCCNc1c(N)cccc1O. The minimum absolute atomic E-state index is 0.212. The molecule has 0 spiro atoms. The summed E-state index contributed by atoms with van der Waals surface area (Å²) < 4.78 is 0. The first-order valence-electron chi connectivity index (χ1n) is 4.07. The molecule has 1 aromatic carbocycles. The van der Waals surface area contributed by atoms with Gasteiger partial charge in [-0.3, -0.25) is 0 Å². The zero-order valence-electron chi connectivity index (χ0n) is 7.17. The standard InChI is InChI=1S/C9H14N2O/c1-2-6-11-9-7(10)4-3-5-8(9)12/h3-5,11-12H,2,6,10H2,1H3. The largest absolute Gasteiger partial charge is 0.506 e. The Labute approximate surface area is 72.2 Å². The van der Waals surface area contributed by atoms with Crippen molar-refractivity contribution in [3.63, 3.8) is 0 Å². The van der Waals surface area contributed by atoms with Crippen LogP contribution < -0.4 is 11.1 Å². The second-order valence-corrected chi connectivity index (χ2v) is 2.67. The summed E-state index contributed by atoms with van der Waals surface area (Å²) >= 11 is 0. The third-order valence-corrected chi connectivity index (χ3v) is 1.63. The summed E-state index contributed by atoms with van der Waals surface area (Å²) in [7, 11) is 0. The number of nitrogen functional groups attached to an aromatic ring is 1. The molecule has 0 heterocycles. The molecule has 1 aromatic rings. The molecule has 4 N–H and O–H groups in total. The second kappa shape index (κ2) is 3.85. The van der Waals surface area contributed by atoms with Gasteiger partial charge in [0.25, 0.3) is 0 Å². The van der Waals surface area contributed by atoms with Crippen molar-refractivity contribution in [1.82, 2.24) is 0 Å². The van der Waals surface area contributed by atoms with Crippen LogP contribution in [-0.4, -0.2) is 11.7 Å². The van der Waals surface area contributed by atoms with E-state index in [4.69, 9.17) is 5.73 Å². The van der Waals surface area contributed by atoms with Crippen molar-refractivity contribution in [3.8, 4) is 5.75 Å². The molecule has 66 valence electrons. The molecule has 0 unspecified atom stereocenters. The van der Waals surface area contributed by atoms with E-state index >= 15 is 0 Å². The van der Waals surface area contributed by atoms with Crippen LogP contribution in [0.4, 0.5) is 11.4 Å². The van der Waals surface area contributed by atoms with Crippen LogP contribution in [0, 0.1) is 0 Å². The van der Waals surface area contributed by atoms with Crippen molar-refractivity contribution in [2.45, 2.75) is 13.3 Å². The highest BCUT2D eigenvalue weighted by molar-refractivity contribution is 5.72. The van der Waals surface area contributed by atoms with E-state index in [0.29, 0.717) is 11.4 Å². The Morgan fingerprint density at radius 3 is 2.83 bits per heavy atom. The van der Waals surface area contributed by atoms with Gasteiger partial charge in [-0.15, -0.1) is 0 Å². The van der Waals surface area contributed by atoms with Gasteiger partial charge in [-0.25, -0.2) is 0 Å². The van der Waals surface area contributed by atoms with Crippen molar-refractivity contribution in [1.29, 1.82) is 0 Å². The molecule has 0 saturated carbocycles. The van der Waals surface area contributed by atoms with Gasteiger partial charge in [0.2, 0.25) is 0 Å². The Morgan fingerprint density at radius 1 is 1.50 bits per heavy atom. The van der Waals surface area contributed by atoms with E-state index in [1.165, 1.54) is 0 Å². The first kappa shape index (κ1) is 8.71. The highest BCUT2D eigenvalue weighted by Crippen LogP contribution is 2.28. The number of anilines is 2. The molecule has 0 radical (unpaired) electrons. The molecular weight excluding hydrogens is 152 g/mol. The third-order valence-electron chi connectivity index (χ3n) is 1.63. The Kier molecular flexibility index (Phi) is 2.80. The number of hydrogen-bond acceptors (Lipinski definition) is 3. The van der Waals surface area contributed by atoms with Gasteiger partial charge in [-0.05, 0) is 18.6 Å².